The third-order valence-electron chi connectivity index (χ3n) is 3.49. The lowest BCUT2D eigenvalue weighted by atomic mass is 10.2. The Morgan fingerprint density at radius 3 is 2.95 bits per heavy atom. The van der Waals surface area contributed by atoms with E-state index in [1.54, 1.807) is 18.7 Å². The lowest BCUT2D eigenvalue weighted by molar-refractivity contribution is 0.564. The van der Waals surface area contributed by atoms with Crippen molar-refractivity contribution in [1.29, 1.82) is 0 Å². The fraction of sp³-hybridized carbons (Fsp3) is 0.0588. The number of nitrogens with zero attached hydrogens (tertiary/aromatic N) is 2. The fourth-order valence-electron chi connectivity index (χ4n) is 2.38. The van der Waals surface area contributed by atoms with Crippen molar-refractivity contribution < 1.29 is 4.42 Å². The molecule has 5 nitrogen and oxygen atoms in total. The zero-order chi connectivity index (χ0) is 14.8. The molecule has 0 saturated carbocycles. The van der Waals surface area contributed by atoms with Crippen molar-refractivity contribution in [3.63, 3.8) is 0 Å². The van der Waals surface area contributed by atoms with Gasteiger partial charge in [-0.05, 0) is 24.3 Å². The molecule has 0 bridgehead atoms. The van der Waals surface area contributed by atoms with Crippen LogP contribution >= 0.6 is 0 Å². The molecule has 2 N–H and O–H groups in total. The van der Waals surface area contributed by atoms with Crippen molar-refractivity contribution in [2.75, 3.05) is 5.32 Å². The number of H-pyrrole nitrogens is 1. The van der Waals surface area contributed by atoms with Gasteiger partial charge in [-0.15, -0.1) is 0 Å². The second kappa shape index (κ2) is 5.37. The Morgan fingerprint density at radius 1 is 1.14 bits per heavy atom. The van der Waals surface area contributed by atoms with Gasteiger partial charge in [0.2, 0.25) is 5.95 Å². The van der Waals surface area contributed by atoms with Gasteiger partial charge in [-0.25, -0.2) is 9.97 Å². The van der Waals surface area contributed by atoms with Crippen LogP contribution in [0.25, 0.3) is 22.3 Å². The topological polar surface area (TPSA) is 66.7 Å². The van der Waals surface area contributed by atoms with Crippen LogP contribution in [0.4, 0.5) is 5.95 Å². The largest absolute Gasteiger partial charge is 0.472 e. The van der Waals surface area contributed by atoms with Gasteiger partial charge in [0.25, 0.3) is 0 Å². The minimum atomic E-state index is 0.595. The molecule has 1 aromatic carbocycles. The van der Waals surface area contributed by atoms with E-state index in [-0.39, 0.29) is 0 Å². The molecule has 0 saturated heterocycles. The number of aromatic amines is 1. The number of rotatable bonds is 4. The van der Waals surface area contributed by atoms with E-state index in [2.05, 4.69) is 38.5 Å². The van der Waals surface area contributed by atoms with Crippen LogP contribution in [-0.4, -0.2) is 15.0 Å². The minimum absolute atomic E-state index is 0.595. The Morgan fingerprint density at radius 2 is 2.09 bits per heavy atom. The zero-order valence-electron chi connectivity index (χ0n) is 11.8. The molecule has 0 spiro atoms. The van der Waals surface area contributed by atoms with Crippen LogP contribution < -0.4 is 5.32 Å². The van der Waals surface area contributed by atoms with Gasteiger partial charge in [-0.2, -0.15) is 0 Å². The summed E-state index contributed by atoms with van der Waals surface area (Å²) in [7, 11) is 0. The van der Waals surface area contributed by atoms with E-state index in [9.17, 15) is 0 Å². The lowest BCUT2D eigenvalue weighted by Gasteiger charge is -2.04. The molecule has 4 rings (SSSR count). The molecule has 0 amide bonds. The molecule has 0 atom stereocenters. The van der Waals surface area contributed by atoms with E-state index in [1.807, 2.05) is 24.3 Å². The van der Waals surface area contributed by atoms with E-state index >= 15 is 0 Å². The fourth-order valence-corrected chi connectivity index (χ4v) is 2.38. The van der Waals surface area contributed by atoms with Crippen molar-refractivity contribution in [3.8, 4) is 11.4 Å². The Bertz CT molecular complexity index is 863. The minimum Gasteiger partial charge on any atom is -0.472 e. The van der Waals surface area contributed by atoms with Crippen LogP contribution in [0.3, 0.4) is 0 Å². The first-order valence-electron chi connectivity index (χ1n) is 7.04. The third kappa shape index (κ3) is 2.44. The zero-order valence-corrected chi connectivity index (χ0v) is 11.8. The summed E-state index contributed by atoms with van der Waals surface area (Å²) in [5, 5.41) is 4.37. The first-order valence-corrected chi connectivity index (χ1v) is 7.04. The molecule has 0 aliphatic rings. The number of nitrogens with one attached hydrogen (secondary N) is 2. The van der Waals surface area contributed by atoms with Gasteiger partial charge >= 0.3 is 0 Å². The van der Waals surface area contributed by atoms with Crippen LogP contribution in [0, 0.1) is 0 Å². The second-order valence-corrected chi connectivity index (χ2v) is 5.02. The Balaban J connectivity index is 1.60. The molecule has 108 valence electrons. The van der Waals surface area contributed by atoms with E-state index < -0.39 is 0 Å². The predicted octanol–water partition coefficient (Wildman–Crippen LogP) is 3.83. The summed E-state index contributed by atoms with van der Waals surface area (Å²) in [6.45, 7) is 0.632. The van der Waals surface area contributed by atoms with Gasteiger partial charge in [0, 0.05) is 29.2 Å². The smallest absolute Gasteiger partial charge is 0.223 e. The number of para-hydroxylation sites is 1. The van der Waals surface area contributed by atoms with Crippen LogP contribution in [0.1, 0.15) is 5.56 Å². The summed E-state index contributed by atoms with van der Waals surface area (Å²) in [5.41, 5.74) is 4.00. The van der Waals surface area contributed by atoms with Gasteiger partial charge < -0.3 is 14.7 Å². The first-order chi connectivity index (χ1) is 10.9. The molecule has 0 aliphatic heterocycles. The standard InChI is InChI=1S/C17H14N4O/c1-2-4-14-13(3-1)9-16(20-14)15-5-7-18-17(21-15)19-10-12-6-8-22-11-12/h1-9,11,20H,10H2,(H,18,19,21). The van der Waals surface area contributed by atoms with Crippen LogP contribution in [0.15, 0.2) is 65.6 Å². The van der Waals surface area contributed by atoms with Crippen LogP contribution in [0.5, 0.6) is 0 Å². The predicted molar refractivity (Wildman–Crippen MR) is 85.4 cm³/mol. The molecule has 0 unspecified atom stereocenters. The maximum absolute atomic E-state index is 5.04. The van der Waals surface area contributed by atoms with Gasteiger partial charge in [0.1, 0.15) is 0 Å². The molecule has 3 aromatic heterocycles. The molecular weight excluding hydrogens is 276 g/mol. The van der Waals surface area contributed by atoms with E-state index in [1.165, 1.54) is 5.39 Å². The average molecular weight is 290 g/mol. The number of hydrogen-bond acceptors (Lipinski definition) is 4. The van der Waals surface area contributed by atoms with Crippen molar-refractivity contribution in [1.82, 2.24) is 15.0 Å². The highest BCUT2D eigenvalue weighted by Crippen LogP contribution is 2.22. The number of anilines is 1. The summed E-state index contributed by atoms with van der Waals surface area (Å²) >= 11 is 0. The summed E-state index contributed by atoms with van der Waals surface area (Å²) < 4.78 is 5.04. The lowest BCUT2D eigenvalue weighted by Crippen LogP contribution is -2.03. The van der Waals surface area contributed by atoms with Crippen molar-refractivity contribution in [3.05, 3.63) is 66.8 Å². The molecule has 0 fully saturated rings. The summed E-state index contributed by atoms with van der Waals surface area (Å²) in [6.07, 6.45) is 5.11. The Hall–Kier alpha value is -3.08. The Labute approximate surface area is 127 Å². The SMILES string of the molecule is c1ccc2[nH]c(-c3ccnc(NCc4ccoc4)n3)cc2c1. The molecule has 0 radical (unpaired) electrons. The normalized spacial score (nSPS) is 10.9. The molecular formula is C17H14N4O. The number of fused-ring (bicyclic) bond motifs is 1. The molecule has 4 aromatic rings. The molecule has 0 aliphatic carbocycles. The first kappa shape index (κ1) is 12.6. The summed E-state index contributed by atoms with van der Waals surface area (Å²) in [4.78, 5) is 12.2. The van der Waals surface area contributed by atoms with Gasteiger partial charge in [0.15, 0.2) is 0 Å². The molecule has 3 heterocycles. The van der Waals surface area contributed by atoms with Crippen molar-refractivity contribution in [2.45, 2.75) is 6.54 Å². The van der Waals surface area contributed by atoms with Crippen LogP contribution in [-0.2, 0) is 6.54 Å². The maximum atomic E-state index is 5.04. The van der Waals surface area contributed by atoms with Crippen molar-refractivity contribution >= 4 is 16.9 Å². The van der Waals surface area contributed by atoms with Crippen LogP contribution in [0.2, 0.25) is 0 Å². The van der Waals surface area contributed by atoms with E-state index in [4.69, 9.17) is 4.42 Å². The summed E-state index contributed by atoms with van der Waals surface area (Å²) in [5.74, 6) is 0.595. The second-order valence-electron chi connectivity index (χ2n) is 5.02. The van der Waals surface area contributed by atoms with Gasteiger partial charge in [-0.1, -0.05) is 18.2 Å². The van der Waals surface area contributed by atoms with E-state index in [0.29, 0.717) is 12.5 Å². The highest BCUT2D eigenvalue weighted by molar-refractivity contribution is 5.85. The quantitative estimate of drug-likeness (QED) is 0.599. The van der Waals surface area contributed by atoms with Gasteiger partial charge in [0.05, 0.1) is 23.9 Å². The number of aromatic nitrogens is 3. The third-order valence-corrected chi connectivity index (χ3v) is 3.49. The summed E-state index contributed by atoms with van der Waals surface area (Å²) in [6, 6.07) is 14.1. The maximum Gasteiger partial charge on any atom is 0.223 e. The molecule has 22 heavy (non-hydrogen) atoms. The number of benzene rings is 1. The van der Waals surface area contributed by atoms with Crippen molar-refractivity contribution in [2.24, 2.45) is 0 Å². The number of hydrogen-bond donors (Lipinski definition) is 2. The Kier molecular flexibility index (Phi) is 3.08. The van der Waals surface area contributed by atoms with E-state index in [0.717, 1.165) is 22.5 Å². The highest BCUT2D eigenvalue weighted by Gasteiger charge is 2.06. The average Bonchev–Trinajstić information content (AvgIpc) is 3.22. The molecule has 5 heteroatoms. The number of furan rings is 1. The van der Waals surface area contributed by atoms with Gasteiger partial charge in [-0.3, -0.25) is 0 Å². The highest BCUT2D eigenvalue weighted by atomic mass is 16.3. The monoisotopic (exact) mass is 290 g/mol.